The predicted molar refractivity (Wildman–Crippen MR) is 181 cm³/mol. The van der Waals surface area contributed by atoms with Gasteiger partial charge in [-0.3, -0.25) is 9.80 Å². The zero-order valence-electron chi connectivity index (χ0n) is 27.7. The second kappa shape index (κ2) is 24.0. The predicted octanol–water partition coefficient (Wildman–Crippen LogP) is 4.35. The van der Waals surface area contributed by atoms with E-state index >= 15 is 0 Å². The van der Waals surface area contributed by atoms with E-state index in [2.05, 4.69) is 25.2 Å². The van der Waals surface area contributed by atoms with Crippen LogP contribution in [0.15, 0.2) is 36.4 Å². The molecular weight excluding hydrogens is 638 g/mol. The fraction of sp³-hybridized carbons (Fsp3) is 0.618. The number of ether oxygens (including phenoxy) is 4. The lowest BCUT2D eigenvalue weighted by Crippen LogP contribution is -2.36. The number of hydrogen-bond acceptors (Lipinski definition) is 12. The summed E-state index contributed by atoms with van der Waals surface area (Å²) in [5, 5.41) is 29.7. The molecule has 2 N–H and O–H groups in total. The Hall–Kier alpha value is -3.16. The quantitative estimate of drug-likeness (QED) is 0.212. The van der Waals surface area contributed by atoms with Crippen molar-refractivity contribution in [3.63, 3.8) is 0 Å². The molecule has 1 unspecified atom stereocenters. The summed E-state index contributed by atoms with van der Waals surface area (Å²) < 4.78 is 23.6. The molecule has 1 saturated heterocycles. The van der Waals surface area contributed by atoms with E-state index in [1.807, 2.05) is 12.1 Å². The molecule has 1 aliphatic heterocycles. The molecule has 0 saturated carbocycles. The van der Waals surface area contributed by atoms with Crippen molar-refractivity contribution in [1.29, 1.82) is 5.26 Å². The molecule has 1 fully saturated rings. The number of aromatic nitrogens is 2. The third-order valence-corrected chi connectivity index (χ3v) is 8.49. The number of aromatic carboxylic acids is 2. The van der Waals surface area contributed by atoms with E-state index < -0.39 is 11.9 Å². The lowest BCUT2D eigenvalue weighted by Gasteiger charge is -2.32. The molecule has 3 rings (SSSR count). The van der Waals surface area contributed by atoms with Crippen molar-refractivity contribution in [3.05, 3.63) is 59.2 Å². The van der Waals surface area contributed by atoms with Gasteiger partial charge in [-0.25, -0.2) is 19.6 Å². The van der Waals surface area contributed by atoms with Crippen molar-refractivity contribution in [2.24, 2.45) is 0 Å². The number of thioether (sulfide) groups is 1. The van der Waals surface area contributed by atoms with Crippen LogP contribution >= 0.6 is 11.8 Å². The molecule has 0 aliphatic carbocycles. The average molecular weight is 688 g/mol. The maximum Gasteiger partial charge on any atom is 0.354 e. The second-order valence-electron chi connectivity index (χ2n) is 11.3. The van der Waals surface area contributed by atoms with Crippen LogP contribution in [0.2, 0.25) is 0 Å². The fourth-order valence-electron chi connectivity index (χ4n) is 5.37. The molecule has 0 aromatic carbocycles. The molecule has 0 spiro atoms. The van der Waals surface area contributed by atoms with E-state index in [4.69, 9.17) is 24.2 Å². The highest BCUT2D eigenvalue weighted by atomic mass is 32.2. The number of rotatable bonds is 14. The molecule has 14 heteroatoms. The first-order valence-electron chi connectivity index (χ1n) is 16.7. The monoisotopic (exact) mass is 687 g/mol. The lowest BCUT2D eigenvalue weighted by molar-refractivity contribution is 0.000258. The second-order valence-corrected chi connectivity index (χ2v) is 12.2. The molecule has 2 aromatic heterocycles. The van der Waals surface area contributed by atoms with Gasteiger partial charge in [-0.1, -0.05) is 37.8 Å². The molecule has 2 aromatic rings. The summed E-state index contributed by atoms with van der Waals surface area (Å²) in [6.07, 6.45) is 6.02. The number of unbranched alkanes of at least 4 members (excludes halogenated alkanes) is 4. The Morgan fingerprint density at radius 3 is 1.90 bits per heavy atom. The van der Waals surface area contributed by atoms with Gasteiger partial charge >= 0.3 is 11.9 Å². The van der Waals surface area contributed by atoms with Crippen molar-refractivity contribution >= 4 is 23.7 Å². The van der Waals surface area contributed by atoms with Crippen molar-refractivity contribution in [3.8, 4) is 5.40 Å². The minimum absolute atomic E-state index is 0.0179. The fourth-order valence-corrected chi connectivity index (χ4v) is 5.81. The first-order valence-corrected chi connectivity index (χ1v) is 17.6. The van der Waals surface area contributed by atoms with E-state index in [1.165, 1.54) is 23.9 Å². The number of hydrogen-bond donors (Lipinski definition) is 2. The smallest absolute Gasteiger partial charge is 0.354 e. The molecule has 1 aliphatic rings. The van der Waals surface area contributed by atoms with Gasteiger partial charge in [0.2, 0.25) is 0 Å². The minimum atomic E-state index is -1.05. The Bertz CT molecular complexity index is 1250. The first-order chi connectivity index (χ1) is 23.5. The Kier molecular flexibility index (Phi) is 19.7. The van der Waals surface area contributed by atoms with Gasteiger partial charge in [0.15, 0.2) is 0 Å². The maximum absolute atomic E-state index is 11.7. The molecule has 264 valence electrons. The molecule has 48 heavy (non-hydrogen) atoms. The average Bonchev–Trinajstić information content (AvgIpc) is 3.08. The zero-order chi connectivity index (χ0) is 34.2. The molecule has 3 heterocycles. The number of nitriles is 1. The number of pyridine rings is 2. The summed E-state index contributed by atoms with van der Waals surface area (Å²) >= 11 is 1.30. The third kappa shape index (κ3) is 15.8. The van der Waals surface area contributed by atoms with E-state index in [0.29, 0.717) is 91.3 Å². The number of carboxylic acids is 2. The Morgan fingerprint density at radius 1 is 0.750 bits per heavy atom. The molecule has 1 atom stereocenters. The van der Waals surface area contributed by atoms with E-state index in [-0.39, 0.29) is 17.4 Å². The molecule has 0 amide bonds. The van der Waals surface area contributed by atoms with Gasteiger partial charge in [0.1, 0.15) is 16.8 Å². The van der Waals surface area contributed by atoms with E-state index in [9.17, 15) is 19.8 Å². The van der Waals surface area contributed by atoms with Crippen LogP contribution in [-0.4, -0.2) is 127 Å². The topological polar surface area (TPSA) is 168 Å². The van der Waals surface area contributed by atoms with Gasteiger partial charge in [-0.05, 0) is 48.9 Å². The number of carboxylic acid groups (broad SMARTS) is 2. The van der Waals surface area contributed by atoms with Gasteiger partial charge in [-0.15, -0.1) is 0 Å². The van der Waals surface area contributed by atoms with Gasteiger partial charge < -0.3 is 29.2 Å². The van der Waals surface area contributed by atoms with Crippen molar-refractivity contribution in [2.45, 2.75) is 51.1 Å². The standard InChI is InChI=1S/C34H49N5O8S/c35-27-48-25-5-3-1-2-4-12-32(29-9-7-11-31(37-29)34(42)43)39-15-19-46-23-21-44-17-13-38(14-18-45-22-24-47-20-16-39)26-28-8-6-10-30(36-28)33(40)41/h6-11,32H,1-5,12-26H2,(H,40,41)(H,42,43). The molecule has 0 bridgehead atoms. The maximum atomic E-state index is 11.7. The van der Waals surface area contributed by atoms with Crippen LogP contribution in [0, 0.1) is 10.7 Å². The van der Waals surface area contributed by atoms with Crippen LogP contribution in [0.3, 0.4) is 0 Å². The third-order valence-electron chi connectivity index (χ3n) is 7.87. The van der Waals surface area contributed by atoms with E-state index in [1.54, 1.807) is 12.1 Å². The van der Waals surface area contributed by atoms with Crippen LogP contribution in [0.25, 0.3) is 0 Å². The Balaban J connectivity index is 1.57. The van der Waals surface area contributed by atoms with Crippen LogP contribution in [0.1, 0.15) is 76.9 Å². The summed E-state index contributed by atoms with van der Waals surface area (Å²) in [5.74, 6) is -1.25. The summed E-state index contributed by atoms with van der Waals surface area (Å²) in [4.78, 5) is 36.2. The molecule has 13 nitrogen and oxygen atoms in total. The molecular formula is C34H49N5O8S. The van der Waals surface area contributed by atoms with Crippen LogP contribution < -0.4 is 0 Å². The van der Waals surface area contributed by atoms with Crippen molar-refractivity contribution in [1.82, 2.24) is 19.8 Å². The van der Waals surface area contributed by atoms with Gasteiger partial charge in [-0.2, -0.15) is 5.26 Å². The van der Waals surface area contributed by atoms with Crippen LogP contribution in [0.5, 0.6) is 0 Å². The van der Waals surface area contributed by atoms with Crippen LogP contribution in [-0.2, 0) is 25.5 Å². The van der Waals surface area contributed by atoms with E-state index in [0.717, 1.165) is 50.0 Å². The lowest BCUT2D eigenvalue weighted by atomic mass is 10.0. The highest BCUT2D eigenvalue weighted by Gasteiger charge is 2.23. The van der Waals surface area contributed by atoms with Gasteiger partial charge in [0.25, 0.3) is 0 Å². The summed E-state index contributed by atoms with van der Waals surface area (Å²) in [7, 11) is 0. The summed E-state index contributed by atoms with van der Waals surface area (Å²) in [6.45, 7) is 6.55. The normalized spacial score (nSPS) is 17.5. The molecule has 0 radical (unpaired) electrons. The highest BCUT2D eigenvalue weighted by molar-refractivity contribution is 8.03. The number of nitrogens with zero attached hydrogens (tertiary/aromatic N) is 5. The Labute approximate surface area is 287 Å². The van der Waals surface area contributed by atoms with Crippen molar-refractivity contribution < 1.29 is 38.7 Å². The van der Waals surface area contributed by atoms with Crippen molar-refractivity contribution in [2.75, 3.05) is 84.8 Å². The minimum Gasteiger partial charge on any atom is -0.477 e. The zero-order valence-corrected chi connectivity index (χ0v) is 28.5. The summed E-state index contributed by atoms with van der Waals surface area (Å²) in [6, 6.07) is 10.1. The summed E-state index contributed by atoms with van der Waals surface area (Å²) in [5.41, 5.74) is 1.44. The van der Waals surface area contributed by atoms with Gasteiger partial charge in [0, 0.05) is 38.5 Å². The largest absolute Gasteiger partial charge is 0.477 e. The van der Waals surface area contributed by atoms with Gasteiger partial charge in [0.05, 0.1) is 70.3 Å². The highest BCUT2D eigenvalue weighted by Crippen LogP contribution is 2.26. The number of thiocyanates is 1. The first kappa shape index (κ1) is 39.3. The number of carbonyl (C=O) groups is 2. The van der Waals surface area contributed by atoms with Crippen LogP contribution in [0.4, 0.5) is 0 Å². The SMILES string of the molecule is N#CSCCCCCCCC(c1cccc(C(=O)O)n1)N1CCOCCOCCN(Cc2cccc(C(=O)O)n2)CCOCCOCC1. The Morgan fingerprint density at radius 2 is 1.29 bits per heavy atom.